The topological polar surface area (TPSA) is 90.3 Å². The number of methoxy groups -OCH3 is 2. The third-order valence-electron chi connectivity index (χ3n) is 6.21. The molecule has 0 saturated carbocycles. The minimum absolute atomic E-state index is 0.0406. The first-order valence-corrected chi connectivity index (χ1v) is 12.0. The van der Waals surface area contributed by atoms with E-state index in [-0.39, 0.29) is 30.4 Å². The van der Waals surface area contributed by atoms with E-state index in [0.29, 0.717) is 22.5 Å². The molecule has 1 amide bonds. The van der Waals surface area contributed by atoms with Crippen molar-refractivity contribution in [2.24, 2.45) is 0 Å². The fraction of sp³-hybridized carbons (Fsp3) is 0.222. The van der Waals surface area contributed by atoms with Crippen LogP contribution in [-0.4, -0.2) is 34.9 Å². The Morgan fingerprint density at radius 2 is 1.78 bits per heavy atom. The SMILES string of the molecule is COc1ccc(CC(=O)Nc2nc3n(n2)[C@H](c2ccc(Cl)cc2)C[C@@H](c2ccccc2)N3)cc1OC. The highest BCUT2D eigenvalue weighted by Gasteiger charge is 2.31. The highest BCUT2D eigenvalue weighted by molar-refractivity contribution is 6.30. The molecule has 4 aromatic rings. The summed E-state index contributed by atoms with van der Waals surface area (Å²) < 4.78 is 12.4. The van der Waals surface area contributed by atoms with Gasteiger partial charge < -0.3 is 14.8 Å². The highest BCUT2D eigenvalue weighted by atomic mass is 35.5. The molecule has 0 saturated heterocycles. The van der Waals surface area contributed by atoms with Gasteiger partial charge in [-0.1, -0.05) is 60.1 Å². The number of ether oxygens (including phenoxy) is 2. The minimum Gasteiger partial charge on any atom is -0.493 e. The number of benzene rings is 3. The standard InChI is InChI=1S/C27H26ClN5O3/c1-35-23-13-8-17(14-24(23)36-2)15-25(34)30-26-31-27-29-21(18-6-4-3-5-7-18)16-22(33(27)32-26)19-9-11-20(28)12-10-19/h3-14,21-22H,15-16H2,1-2H3,(H2,29,30,31,32,34)/t21-,22-/m0/s1. The quantitative estimate of drug-likeness (QED) is 0.357. The summed E-state index contributed by atoms with van der Waals surface area (Å²) in [6, 6.07) is 23.3. The minimum atomic E-state index is -0.229. The molecule has 8 nitrogen and oxygen atoms in total. The van der Waals surface area contributed by atoms with Gasteiger partial charge in [0, 0.05) is 5.02 Å². The molecular formula is C27H26ClN5O3. The molecule has 0 spiro atoms. The molecular weight excluding hydrogens is 478 g/mol. The number of hydrogen-bond donors (Lipinski definition) is 2. The average Bonchev–Trinajstić information content (AvgIpc) is 3.31. The van der Waals surface area contributed by atoms with Crippen molar-refractivity contribution >= 4 is 29.4 Å². The van der Waals surface area contributed by atoms with Crippen LogP contribution in [0.1, 0.15) is 35.2 Å². The molecule has 1 aliphatic heterocycles. The average molecular weight is 504 g/mol. The first kappa shape index (κ1) is 23.7. The maximum atomic E-state index is 12.8. The van der Waals surface area contributed by atoms with Gasteiger partial charge >= 0.3 is 0 Å². The lowest BCUT2D eigenvalue weighted by molar-refractivity contribution is -0.115. The van der Waals surface area contributed by atoms with Gasteiger partial charge in [0.2, 0.25) is 11.9 Å². The van der Waals surface area contributed by atoms with Gasteiger partial charge in [0.15, 0.2) is 11.5 Å². The molecule has 1 aromatic heterocycles. The van der Waals surface area contributed by atoms with E-state index in [9.17, 15) is 4.79 Å². The summed E-state index contributed by atoms with van der Waals surface area (Å²) in [5, 5.41) is 11.6. The van der Waals surface area contributed by atoms with Crippen LogP contribution in [0.2, 0.25) is 5.02 Å². The molecule has 2 atom stereocenters. The van der Waals surface area contributed by atoms with Crippen molar-refractivity contribution in [3.8, 4) is 11.5 Å². The number of amides is 1. The van der Waals surface area contributed by atoms with Crippen molar-refractivity contribution in [1.29, 1.82) is 0 Å². The second-order valence-corrected chi connectivity index (χ2v) is 8.96. The molecule has 0 unspecified atom stereocenters. The summed E-state index contributed by atoms with van der Waals surface area (Å²) in [6.07, 6.45) is 0.909. The van der Waals surface area contributed by atoms with Gasteiger partial charge in [-0.15, -0.1) is 5.10 Å². The number of carbonyl (C=O) groups excluding carboxylic acids is 1. The molecule has 0 radical (unpaired) electrons. The van der Waals surface area contributed by atoms with Crippen LogP contribution in [0.4, 0.5) is 11.9 Å². The molecule has 9 heteroatoms. The molecule has 0 aliphatic carbocycles. The molecule has 0 bridgehead atoms. The van der Waals surface area contributed by atoms with Crippen molar-refractivity contribution in [1.82, 2.24) is 14.8 Å². The number of aromatic nitrogens is 3. The number of carbonyl (C=O) groups is 1. The van der Waals surface area contributed by atoms with Crippen LogP contribution in [0.5, 0.6) is 11.5 Å². The summed E-state index contributed by atoms with van der Waals surface area (Å²) in [7, 11) is 3.14. The van der Waals surface area contributed by atoms with Gasteiger partial charge in [0.05, 0.1) is 32.7 Å². The Morgan fingerprint density at radius 1 is 1.03 bits per heavy atom. The molecule has 3 aromatic carbocycles. The van der Waals surface area contributed by atoms with Crippen LogP contribution in [0.15, 0.2) is 72.8 Å². The van der Waals surface area contributed by atoms with Crippen LogP contribution in [0.3, 0.4) is 0 Å². The van der Waals surface area contributed by atoms with Crippen molar-refractivity contribution in [3.05, 3.63) is 94.5 Å². The fourth-order valence-corrected chi connectivity index (χ4v) is 4.57. The van der Waals surface area contributed by atoms with Crippen molar-refractivity contribution < 1.29 is 14.3 Å². The van der Waals surface area contributed by atoms with Crippen molar-refractivity contribution in [2.75, 3.05) is 24.9 Å². The lowest BCUT2D eigenvalue weighted by atomic mass is 9.93. The Kier molecular flexibility index (Phi) is 6.77. The molecule has 5 rings (SSSR count). The zero-order valence-corrected chi connectivity index (χ0v) is 20.7. The number of nitrogens with one attached hydrogen (secondary N) is 2. The number of halogens is 1. The maximum absolute atomic E-state index is 12.8. The van der Waals surface area contributed by atoms with Crippen LogP contribution in [-0.2, 0) is 11.2 Å². The summed E-state index contributed by atoms with van der Waals surface area (Å²) in [5.41, 5.74) is 3.01. The molecule has 2 N–H and O–H groups in total. The van der Waals surface area contributed by atoms with Gasteiger partial charge in [-0.05, 0) is 47.4 Å². The van der Waals surface area contributed by atoms with E-state index in [1.165, 1.54) is 0 Å². The van der Waals surface area contributed by atoms with E-state index < -0.39 is 0 Å². The normalized spacial score (nSPS) is 16.5. The van der Waals surface area contributed by atoms with E-state index in [1.807, 2.05) is 53.2 Å². The Labute approximate surface area is 214 Å². The zero-order chi connectivity index (χ0) is 25.1. The number of nitrogens with zero attached hydrogens (tertiary/aromatic N) is 3. The lowest BCUT2D eigenvalue weighted by Crippen LogP contribution is -2.28. The predicted octanol–water partition coefficient (Wildman–Crippen LogP) is 5.28. The van der Waals surface area contributed by atoms with E-state index in [4.69, 9.17) is 21.1 Å². The first-order chi connectivity index (χ1) is 17.5. The smallest absolute Gasteiger partial charge is 0.250 e. The Bertz CT molecular complexity index is 1360. The van der Waals surface area contributed by atoms with Gasteiger partial charge in [-0.25, -0.2) is 4.68 Å². The summed E-state index contributed by atoms with van der Waals surface area (Å²) in [5.74, 6) is 1.79. The summed E-state index contributed by atoms with van der Waals surface area (Å²) >= 11 is 6.13. The van der Waals surface area contributed by atoms with Gasteiger partial charge in [-0.3, -0.25) is 10.1 Å². The van der Waals surface area contributed by atoms with Gasteiger partial charge in [0.25, 0.3) is 5.95 Å². The van der Waals surface area contributed by atoms with Crippen LogP contribution in [0, 0.1) is 0 Å². The maximum Gasteiger partial charge on any atom is 0.250 e. The Morgan fingerprint density at radius 3 is 2.50 bits per heavy atom. The molecule has 1 aliphatic rings. The van der Waals surface area contributed by atoms with E-state index >= 15 is 0 Å². The monoisotopic (exact) mass is 503 g/mol. The van der Waals surface area contributed by atoms with Gasteiger partial charge in [0.1, 0.15) is 0 Å². The second-order valence-electron chi connectivity index (χ2n) is 8.53. The van der Waals surface area contributed by atoms with E-state index in [2.05, 4.69) is 32.8 Å². The fourth-order valence-electron chi connectivity index (χ4n) is 4.44. The zero-order valence-electron chi connectivity index (χ0n) is 19.9. The van der Waals surface area contributed by atoms with Crippen molar-refractivity contribution in [3.63, 3.8) is 0 Å². The van der Waals surface area contributed by atoms with E-state index in [1.54, 1.807) is 26.4 Å². The third-order valence-corrected chi connectivity index (χ3v) is 6.46. The molecule has 184 valence electrons. The highest BCUT2D eigenvalue weighted by Crippen LogP contribution is 2.38. The van der Waals surface area contributed by atoms with Crippen LogP contribution >= 0.6 is 11.6 Å². The van der Waals surface area contributed by atoms with Crippen molar-refractivity contribution in [2.45, 2.75) is 24.9 Å². The number of anilines is 2. The van der Waals surface area contributed by atoms with Gasteiger partial charge in [-0.2, -0.15) is 4.98 Å². The summed E-state index contributed by atoms with van der Waals surface area (Å²) in [6.45, 7) is 0. The molecule has 36 heavy (non-hydrogen) atoms. The second kappa shape index (κ2) is 10.3. The van der Waals surface area contributed by atoms with E-state index in [0.717, 1.165) is 23.1 Å². The van der Waals surface area contributed by atoms with Crippen LogP contribution in [0.25, 0.3) is 0 Å². The summed E-state index contributed by atoms with van der Waals surface area (Å²) in [4.78, 5) is 17.4. The number of rotatable bonds is 7. The first-order valence-electron chi connectivity index (χ1n) is 11.6. The molecule has 2 heterocycles. The number of hydrogen-bond acceptors (Lipinski definition) is 6. The molecule has 0 fully saturated rings. The third kappa shape index (κ3) is 4.99. The Balaban J connectivity index is 1.39. The number of fused-ring (bicyclic) bond motifs is 1. The predicted molar refractivity (Wildman–Crippen MR) is 139 cm³/mol. The largest absolute Gasteiger partial charge is 0.493 e. The van der Waals surface area contributed by atoms with Crippen LogP contribution < -0.4 is 20.1 Å². The lowest BCUT2D eigenvalue weighted by Gasteiger charge is -2.31. The Hall–Kier alpha value is -4.04.